The maximum atomic E-state index is 11.9. The Morgan fingerprint density at radius 2 is 1.10 bits per heavy atom. The molecule has 0 bridgehead atoms. The molecule has 3 rings (SSSR count). The highest BCUT2D eigenvalue weighted by atomic mass is 16.7. The van der Waals surface area contributed by atoms with Crippen molar-refractivity contribution in [3.8, 4) is 11.5 Å². The van der Waals surface area contributed by atoms with Crippen LogP contribution < -0.4 is 20.1 Å². The molecule has 0 saturated carbocycles. The highest BCUT2D eigenvalue weighted by Gasteiger charge is 2.29. The summed E-state index contributed by atoms with van der Waals surface area (Å²) in [6, 6.07) is 13.6. The van der Waals surface area contributed by atoms with E-state index < -0.39 is 28.4 Å². The van der Waals surface area contributed by atoms with E-state index in [1.807, 2.05) is 9.80 Å². The molecule has 2 aromatic carbocycles. The monoisotopic (exact) mass is 710 g/mol. The molecule has 1 saturated heterocycles. The smallest absolute Gasteiger partial charge is 0.413 e. The van der Waals surface area contributed by atoms with Crippen LogP contribution in [0.15, 0.2) is 53.6 Å². The van der Waals surface area contributed by atoms with E-state index in [4.69, 9.17) is 29.8 Å². The van der Waals surface area contributed by atoms with E-state index in [1.54, 1.807) is 90.1 Å². The lowest BCUT2D eigenvalue weighted by Gasteiger charge is -2.20. The van der Waals surface area contributed by atoms with Gasteiger partial charge in [0, 0.05) is 37.3 Å². The number of nitro groups is 1. The zero-order valence-corrected chi connectivity index (χ0v) is 30.2. The van der Waals surface area contributed by atoms with Crippen LogP contribution >= 0.6 is 0 Å². The number of hydrogen-bond donors (Lipinski definition) is 4. The third-order valence-corrected chi connectivity index (χ3v) is 7.10. The third-order valence-electron chi connectivity index (χ3n) is 7.10. The summed E-state index contributed by atoms with van der Waals surface area (Å²) in [5, 5.41) is 35.3. The summed E-state index contributed by atoms with van der Waals surface area (Å²) < 4.78 is 22.0. The number of unbranched alkanes of at least 4 members (excludes halogenated alkanes) is 2. The second-order valence-corrected chi connectivity index (χ2v) is 13.8. The predicted octanol–water partition coefficient (Wildman–Crippen LogP) is 5.57. The van der Waals surface area contributed by atoms with E-state index in [0.717, 1.165) is 25.7 Å². The van der Waals surface area contributed by atoms with Gasteiger partial charge >= 0.3 is 12.2 Å². The minimum Gasteiger partial charge on any atom is -0.494 e. The minimum atomic E-state index is -0.692. The van der Waals surface area contributed by atoms with E-state index in [-0.39, 0.29) is 11.7 Å². The molecule has 4 N–H and O–H groups in total. The van der Waals surface area contributed by atoms with Gasteiger partial charge in [-0.05, 0) is 116 Å². The molecule has 2 amide bonds. The molecule has 16 nitrogen and oxygen atoms in total. The quantitative estimate of drug-likeness (QED) is 0.0594. The van der Waals surface area contributed by atoms with Crippen molar-refractivity contribution in [2.45, 2.75) is 78.4 Å². The zero-order chi connectivity index (χ0) is 37.6. The summed E-state index contributed by atoms with van der Waals surface area (Å²) in [4.78, 5) is 39.0. The molecule has 1 aliphatic heterocycles. The Morgan fingerprint density at radius 1 is 0.725 bits per heavy atom. The van der Waals surface area contributed by atoms with Gasteiger partial charge in [0.15, 0.2) is 5.03 Å². The fraction of sp³-hybridized carbons (Fsp3) is 0.514. The van der Waals surface area contributed by atoms with Crippen LogP contribution in [0.3, 0.4) is 0 Å². The van der Waals surface area contributed by atoms with Crippen molar-refractivity contribution in [2.24, 2.45) is 5.10 Å². The Bertz CT molecular complexity index is 1430. The van der Waals surface area contributed by atoms with Crippen LogP contribution in [0.5, 0.6) is 11.5 Å². The first-order valence-corrected chi connectivity index (χ1v) is 16.9. The second kappa shape index (κ2) is 18.5. The summed E-state index contributed by atoms with van der Waals surface area (Å²) in [6.07, 6.45) is 1.55. The van der Waals surface area contributed by atoms with Crippen LogP contribution in [0.1, 0.15) is 78.4 Å². The fourth-order valence-corrected chi connectivity index (χ4v) is 4.85. The van der Waals surface area contributed by atoms with Crippen LogP contribution in [0.2, 0.25) is 0 Å². The maximum absolute atomic E-state index is 11.9. The van der Waals surface area contributed by atoms with Crippen molar-refractivity contribution < 1.29 is 33.6 Å². The largest absolute Gasteiger partial charge is 0.494 e. The van der Waals surface area contributed by atoms with Gasteiger partial charge in [-0.2, -0.15) is 0 Å². The fourth-order valence-electron chi connectivity index (χ4n) is 4.85. The number of alkyl carbamates (subject to hydrolysis) is 2. The molecular formula is C35H50N8O8. The van der Waals surface area contributed by atoms with Gasteiger partial charge < -0.3 is 28.7 Å². The van der Waals surface area contributed by atoms with Gasteiger partial charge in [0.05, 0.1) is 13.2 Å². The summed E-state index contributed by atoms with van der Waals surface area (Å²) in [7, 11) is 0. The molecule has 51 heavy (non-hydrogen) atoms. The third kappa shape index (κ3) is 14.9. The number of carbonyl (C=O) groups is 2. The summed E-state index contributed by atoms with van der Waals surface area (Å²) in [5.41, 5.74) is -0.300. The van der Waals surface area contributed by atoms with Crippen molar-refractivity contribution >= 4 is 29.8 Å². The standard InChI is InChI=1S/C35H50N8O8/c1-34(2,3)50-32(44)38-29(36)25-11-15-27(16-12-25)48-23-9-7-19-41-21-22-42(31(41)40-43(46)47)20-8-10-24-49-28-17-13-26(14-18-28)30(37)39-33(45)51-35(4,5)6/h11-18H,7-10,19-24H2,1-6H3,(H2,36,38,44)(H2,37,39,45). The SMILES string of the molecule is CC(C)(C)OC(=O)NC(=N)c1ccc(OCCCCN2CCN(CCCCOc3ccc(C(=N)NC(=O)OC(C)(C)C)cc3)C2=N[N+](=O)[O-])cc1. The Balaban J connectivity index is 1.34. The molecule has 1 fully saturated rings. The van der Waals surface area contributed by atoms with Gasteiger partial charge in [-0.3, -0.25) is 21.5 Å². The lowest BCUT2D eigenvalue weighted by molar-refractivity contribution is -0.486. The lowest BCUT2D eigenvalue weighted by Crippen LogP contribution is -2.36. The lowest BCUT2D eigenvalue weighted by atomic mass is 10.2. The van der Waals surface area contributed by atoms with Gasteiger partial charge in [-0.25, -0.2) is 19.7 Å². The average molecular weight is 711 g/mol. The summed E-state index contributed by atoms with van der Waals surface area (Å²) in [5.74, 6) is 1.46. The van der Waals surface area contributed by atoms with Crippen molar-refractivity contribution in [1.29, 1.82) is 10.8 Å². The zero-order valence-electron chi connectivity index (χ0n) is 30.2. The molecular weight excluding hydrogens is 660 g/mol. The first kappa shape index (κ1) is 40.0. The van der Waals surface area contributed by atoms with Crippen LogP contribution in [-0.2, 0) is 9.47 Å². The average Bonchev–Trinajstić information content (AvgIpc) is 3.39. The van der Waals surface area contributed by atoms with E-state index >= 15 is 0 Å². The van der Waals surface area contributed by atoms with Gasteiger partial charge in [0.2, 0.25) is 0 Å². The van der Waals surface area contributed by atoms with Gasteiger partial charge in [0.1, 0.15) is 39.5 Å². The van der Waals surface area contributed by atoms with E-state index in [0.29, 0.717) is 68.0 Å². The minimum absolute atomic E-state index is 0.0751. The topological polar surface area (TPSA) is 205 Å². The molecule has 1 heterocycles. The Labute approximate surface area is 298 Å². The molecule has 0 aromatic heterocycles. The van der Waals surface area contributed by atoms with Crippen molar-refractivity contribution in [3.05, 3.63) is 69.8 Å². The van der Waals surface area contributed by atoms with Crippen LogP contribution in [0.4, 0.5) is 9.59 Å². The van der Waals surface area contributed by atoms with Crippen molar-refractivity contribution in [3.63, 3.8) is 0 Å². The molecule has 16 heteroatoms. The van der Waals surface area contributed by atoms with Crippen LogP contribution in [-0.4, -0.2) is 95.2 Å². The highest BCUT2D eigenvalue weighted by molar-refractivity contribution is 6.05. The number of nitrogens with one attached hydrogen (secondary N) is 4. The molecule has 0 spiro atoms. The number of benzene rings is 2. The van der Waals surface area contributed by atoms with Crippen molar-refractivity contribution in [1.82, 2.24) is 20.4 Å². The number of rotatable bonds is 15. The number of ether oxygens (including phenoxy) is 4. The second-order valence-electron chi connectivity index (χ2n) is 13.8. The molecule has 278 valence electrons. The van der Waals surface area contributed by atoms with Gasteiger partial charge in [-0.15, -0.1) is 0 Å². The number of carbonyl (C=O) groups excluding carboxylic acids is 2. The van der Waals surface area contributed by atoms with Gasteiger partial charge in [-0.1, -0.05) is 0 Å². The molecule has 1 aliphatic rings. The van der Waals surface area contributed by atoms with E-state index in [1.165, 1.54) is 0 Å². The predicted molar refractivity (Wildman–Crippen MR) is 192 cm³/mol. The summed E-state index contributed by atoms with van der Waals surface area (Å²) >= 11 is 0. The molecule has 0 atom stereocenters. The molecule has 0 unspecified atom stereocenters. The molecule has 0 aliphatic carbocycles. The number of amides is 2. The number of amidine groups is 2. The Hall–Kier alpha value is -5.41. The first-order chi connectivity index (χ1) is 24.0. The molecule has 0 radical (unpaired) electrons. The van der Waals surface area contributed by atoms with E-state index in [9.17, 15) is 19.7 Å². The number of hydrogen-bond acceptors (Lipinski definition) is 10. The first-order valence-electron chi connectivity index (χ1n) is 16.9. The van der Waals surface area contributed by atoms with Crippen LogP contribution in [0, 0.1) is 20.9 Å². The van der Waals surface area contributed by atoms with Crippen LogP contribution in [0.25, 0.3) is 0 Å². The van der Waals surface area contributed by atoms with Crippen molar-refractivity contribution in [2.75, 3.05) is 39.4 Å². The number of nitrogens with zero attached hydrogens (tertiary/aromatic N) is 4. The molecule has 2 aromatic rings. The highest BCUT2D eigenvalue weighted by Crippen LogP contribution is 2.17. The number of guanidine groups is 1. The maximum Gasteiger partial charge on any atom is 0.413 e. The normalized spacial score (nSPS) is 12.9. The van der Waals surface area contributed by atoms with E-state index in [2.05, 4.69) is 15.7 Å². The van der Waals surface area contributed by atoms with Gasteiger partial charge in [0.25, 0.3) is 5.96 Å². The Morgan fingerprint density at radius 3 is 1.43 bits per heavy atom. The Kier molecular flexibility index (Phi) is 14.6. The summed E-state index contributed by atoms with van der Waals surface area (Å²) in [6.45, 7) is 13.9. The number of hydrazone groups is 1.